The number of nitrogens with one attached hydrogen (secondary N) is 1. The number of hydrogen-bond donors (Lipinski definition) is 1. The summed E-state index contributed by atoms with van der Waals surface area (Å²) in [5.41, 5.74) is 1.91. The van der Waals surface area contributed by atoms with Crippen LogP contribution in [0.25, 0.3) is 5.70 Å². The largest absolute Gasteiger partial charge is 0.483 e. The number of carbonyl (C=O) groups is 1. The number of ether oxygens (including phenoxy) is 1. The number of thioether (sulfide) groups is 1. The van der Waals surface area contributed by atoms with Crippen LogP contribution in [-0.2, 0) is 4.79 Å². The molecule has 3 aromatic rings. The molecule has 0 bridgehead atoms. The maximum Gasteiger partial charge on any atom is 0.288 e. The van der Waals surface area contributed by atoms with Crippen molar-refractivity contribution in [1.29, 1.82) is 0 Å². The predicted octanol–water partition coefficient (Wildman–Crippen LogP) is 4.73. The number of anilines is 1. The first-order valence-corrected chi connectivity index (χ1v) is 9.15. The van der Waals surface area contributed by atoms with E-state index < -0.39 is 5.76 Å². The minimum atomic E-state index is -2.48. The zero-order chi connectivity index (χ0) is 19.9. The Kier molecular flexibility index (Phi) is 6.44. The highest BCUT2D eigenvalue weighted by Crippen LogP contribution is 2.27. The SMILES string of the molecule is C=C(c1ccccc1OCC(=O)Nc1ccc(SC(F)F)cc1)n1ccnc1. The van der Waals surface area contributed by atoms with Crippen molar-refractivity contribution in [2.24, 2.45) is 0 Å². The fourth-order valence-electron chi connectivity index (χ4n) is 2.45. The summed E-state index contributed by atoms with van der Waals surface area (Å²) in [4.78, 5) is 16.6. The number of halogens is 2. The molecule has 8 heteroatoms. The molecule has 0 spiro atoms. The lowest BCUT2D eigenvalue weighted by molar-refractivity contribution is -0.118. The van der Waals surface area contributed by atoms with E-state index in [1.807, 2.05) is 12.1 Å². The van der Waals surface area contributed by atoms with Crippen LogP contribution >= 0.6 is 11.8 Å². The standard InChI is InChI=1S/C20H17F2N3O2S/c1-14(25-11-10-23-13-25)17-4-2-3-5-18(17)27-12-19(26)24-15-6-8-16(9-7-15)28-20(21)22/h2-11,13,20H,1,12H2,(H,24,26). The number of imidazole rings is 1. The van der Waals surface area contributed by atoms with Gasteiger partial charge in [-0.2, -0.15) is 8.78 Å². The number of hydrogen-bond acceptors (Lipinski definition) is 4. The molecule has 28 heavy (non-hydrogen) atoms. The molecule has 0 aliphatic rings. The highest BCUT2D eigenvalue weighted by Gasteiger charge is 2.11. The van der Waals surface area contributed by atoms with Crippen molar-refractivity contribution in [2.45, 2.75) is 10.7 Å². The molecule has 0 saturated carbocycles. The molecule has 3 rings (SSSR count). The summed E-state index contributed by atoms with van der Waals surface area (Å²) in [6.07, 6.45) is 5.04. The molecular weight excluding hydrogens is 384 g/mol. The van der Waals surface area contributed by atoms with Crippen LogP contribution in [0.3, 0.4) is 0 Å². The van der Waals surface area contributed by atoms with Crippen molar-refractivity contribution in [3.63, 3.8) is 0 Å². The Morgan fingerprint density at radius 1 is 1.21 bits per heavy atom. The minimum Gasteiger partial charge on any atom is -0.483 e. The molecule has 1 heterocycles. The van der Waals surface area contributed by atoms with E-state index in [0.717, 1.165) is 5.56 Å². The number of amides is 1. The Morgan fingerprint density at radius 2 is 1.96 bits per heavy atom. The zero-order valence-electron chi connectivity index (χ0n) is 14.7. The van der Waals surface area contributed by atoms with Crippen molar-refractivity contribution in [1.82, 2.24) is 9.55 Å². The van der Waals surface area contributed by atoms with E-state index in [-0.39, 0.29) is 12.5 Å². The molecule has 0 fully saturated rings. The van der Waals surface area contributed by atoms with Gasteiger partial charge in [0.15, 0.2) is 6.61 Å². The number of rotatable bonds is 8. The molecule has 1 aromatic heterocycles. The molecule has 0 unspecified atom stereocenters. The predicted molar refractivity (Wildman–Crippen MR) is 106 cm³/mol. The van der Waals surface area contributed by atoms with Crippen LogP contribution in [0.4, 0.5) is 14.5 Å². The van der Waals surface area contributed by atoms with Crippen molar-refractivity contribution in [3.8, 4) is 5.75 Å². The van der Waals surface area contributed by atoms with Gasteiger partial charge in [0, 0.05) is 28.5 Å². The third-order valence-electron chi connectivity index (χ3n) is 3.74. The van der Waals surface area contributed by atoms with Gasteiger partial charge in [0.2, 0.25) is 0 Å². The summed E-state index contributed by atoms with van der Waals surface area (Å²) in [5.74, 6) is -2.33. The Morgan fingerprint density at radius 3 is 2.64 bits per heavy atom. The monoisotopic (exact) mass is 401 g/mol. The number of nitrogens with zero attached hydrogens (tertiary/aromatic N) is 2. The summed E-state index contributed by atoms with van der Waals surface area (Å²) < 4.78 is 32.1. The second-order valence-electron chi connectivity index (χ2n) is 5.65. The zero-order valence-corrected chi connectivity index (χ0v) is 15.5. The highest BCUT2D eigenvalue weighted by molar-refractivity contribution is 7.99. The normalized spacial score (nSPS) is 10.7. The topological polar surface area (TPSA) is 56.1 Å². The van der Waals surface area contributed by atoms with Gasteiger partial charge in [-0.3, -0.25) is 4.79 Å². The molecule has 0 saturated heterocycles. The lowest BCUT2D eigenvalue weighted by Gasteiger charge is -2.14. The Labute approximate surface area is 165 Å². The van der Waals surface area contributed by atoms with Gasteiger partial charge >= 0.3 is 0 Å². The second kappa shape index (κ2) is 9.18. The summed E-state index contributed by atoms with van der Waals surface area (Å²) in [7, 11) is 0. The lowest BCUT2D eigenvalue weighted by Crippen LogP contribution is -2.20. The van der Waals surface area contributed by atoms with E-state index in [0.29, 0.717) is 33.8 Å². The second-order valence-corrected chi connectivity index (χ2v) is 6.72. The van der Waals surface area contributed by atoms with Gasteiger partial charge in [-0.05, 0) is 36.4 Å². The molecule has 0 atom stereocenters. The van der Waals surface area contributed by atoms with Crippen molar-refractivity contribution in [3.05, 3.63) is 79.4 Å². The van der Waals surface area contributed by atoms with Gasteiger partial charge in [-0.15, -0.1) is 0 Å². The maximum atomic E-state index is 12.3. The molecule has 1 amide bonds. The van der Waals surface area contributed by atoms with Crippen LogP contribution in [0.5, 0.6) is 5.75 Å². The first-order chi connectivity index (χ1) is 13.5. The quantitative estimate of drug-likeness (QED) is 0.554. The van der Waals surface area contributed by atoms with Crippen molar-refractivity contribution in [2.75, 3.05) is 11.9 Å². The van der Waals surface area contributed by atoms with E-state index in [4.69, 9.17) is 4.74 Å². The van der Waals surface area contributed by atoms with Crippen molar-refractivity contribution < 1.29 is 18.3 Å². The number of benzene rings is 2. The van der Waals surface area contributed by atoms with Gasteiger partial charge in [-0.25, -0.2) is 4.98 Å². The van der Waals surface area contributed by atoms with E-state index in [1.54, 1.807) is 47.6 Å². The highest BCUT2D eigenvalue weighted by atomic mass is 32.2. The lowest BCUT2D eigenvalue weighted by atomic mass is 10.1. The average molecular weight is 401 g/mol. The number of alkyl halides is 2. The number of carbonyl (C=O) groups excluding carboxylic acids is 1. The smallest absolute Gasteiger partial charge is 0.288 e. The molecule has 0 aliphatic carbocycles. The fourth-order valence-corrected chi connectivity index (χ4v) is 2.95. The summed E-state index contributed by atoms with van der Waals surface area (Å²) >= 11 is 0.451. The minimum absolute atomic E-state index is 0.207. The molecule has 2 aromatic carbocycles. The van der Waals surface area contributed by atoms with Crippen LogP contribution < -0.4 is 10.1 Å². The summed E-state index contributed by atoms with van der Waals surface area (Å²) in [6, 6.07) is 13.4. The maximum absolute atomic E-state index is 12.3. The van der Waals surface area contributed by atoms with E-state index >= 15 is 0 Å². The van der Waals surface area contributed by atoms with Gasteiger partial charge in [0.25, 0.3) is 11.7 Å². The van der Waals surface area contributed by atoms with Crippen LogP contribution in [0.1, 0.15) is 5.56 Å². The fraction of sp³-hybridized carbons (Fsp3) is 0.100. The Bertz CT molecular complexity index is 944. The van der Waals surface area contributed by atoms with Crippen LogP contribution in [0.15, 0.2) is 78.7 Å². The summed E-state index contributed by atoms with van der Waals surface area (Å²) in [5, 5.41) is 2.67. The molecule has 0 radical (unpaired) electrons. The van der Waals surface area contributed by atoms with Gasteiger partial charge in [-0.1, -0.05) is 30.5 Å². The molecule has 1 N–H and O–H groups in total. The first-order valence-electron chi connectivity index (χ1n) is 8.27. The van der Waals surface area contributed by atoms with Gasteiger partial charge in [0.1, 0.15) is 5.75 Å². The molecule has 5 nitrogen and oxygen atoms in total. The van der Waals surface area contributed by atoms with Crippen molar-refractivity contribution >= 4 is 29.1 Å². The van der Waals surface area contributed by atoms with Gasteiger partial charge < -0.3 is 14.6 Å². The number of para-hydroxylation sites is 1. The molecular formula is C20H17F2N3O2S. The van der Waals surface area contributed by atoms with E-state index in [2.05, 4.69) is 16.9 Å². The third-order valence-corrected chi connectivity index (χ3v) is 4.46. The average Bonchev–Trinajstić information content (AvgIpc) is 3.22. The van der Waals surface area contributed by atoms with E-state index in [9.17, 15) is 13.6 Å². The van der Waals surface area contributed by atoms with Gasteiger partial charge in [0.05, 0.1) is 12.0 Å². The van der Waals surface area contributed by atoms with Crippen LogP contribution in [-0.4, -0.2) is 27.8 Å². The summed E-state index contributed by atoms with van der Waals surface area (Å²) in [6.45, 7) is 3.83. The Balaban J connectivity index is 1.60. The van der Waals surface area contributed by atoms with Crippen LogP contribution in [0.2, 0.25) is 0 Å². The third kappa shape index (κ3) is 5.20. The molecule has 144 valence electrons. The van der Waals surface area contributed by atoms with Crippen LogP contribution in [0, 0.1) is 0 Å². The molecule has 0 aliphatic heterocycles. The first kappa shape index (κ1) is 19.6. The van der Waals surface area contributed by atoms with E-state index in [1.165, 1.54) is 12.1 Å². The Hall–Kier alpha value is -3.13. The number of aromatic nitrogens is 2.